The molecular formula is C73H100F8N12O13S. The number of fused-ring (bicyclic) bond motifs is 3. The van der Waals surface area contributed by atoms with Crippen molar-refractivity contribution in [2.24, 2.45) is 11.8 Å². The van der Waals surface area contributed by atoms with Crippen molar-refractivity contribution in [3.8, 4) is 0 Å². The summed E-state index contributed by atoms with van der Waals surface area (Å²) in [5, 5.41) is 8.22. The van der Waals surface area contributed by atoms with E-state index in [0.717, 1.165) is 65.6 Å². The van der Waals surface area contributed by atoms with Crippen molar-refractivity contribution in [3.05, 3.63) is 82.4 Å². The fourth-order valence-electron chi connectivity index (χ4n) is 14.7. The topological polar surface area (TPSA) is 279 Å². The molecule has 2 saturated carbocycles. The molecule has 34 heteroatoms. The van der Waals surface area contributed by atoms with Crippen LogP contribution in [0.3, 0.4) is 0 Å². The lowest BCUT2D eigenvalue weighted by molar-refractivity contribution is -0.157. The van der Waals surface area contributed by atoms with E-state index >= 15 is 37.5 Å². The van der Waals surface area contributed by atoms with Gasteiger partial charge in [-0.05, 0) is 118 Å². The van der Waals surface area contributed by atoms with Gasteiger partial charge in [0.15, 0.2) is 0 Å². The van der Waals surface area contributed by atoms with Crippen LogP contribution in [0.2, 0.25) is 0 Å². The maximum atomic E-state index is 15.5. The molecule has 2 saturated heterocycles. The first kappa shape index (κ1) is 85.8. The number of benzene rings is 2. The molecule has 1 spiro atoms. The van der Waals surface area contributed by atoms with Crippen LogP contribution in [-0.4, -0.2) is 276 Å². The third kappa shape index (κ3) is 20.5. The molecule has 0 unspecified atom stereocenters. The average Bonchev–Trinajstić information content (AvgIpc) is 1.71. The predicted octanol–water partition coefficient (Wildman–Crippen LogP) is 5.06. The van der Waals surface area contributed by atoms with Gasteiger partial charge in [-0.15, -0.1) is 0 Å². The summed E-state index contributed by atoms with van der Waals surface area (Å²) in [6, 6.07) is -7.34. The largest absolute Gasteiger partial charge is 0.422 e. The van der Waals surface area contributed by atoms with E-state index in [1.54, 1.807) is 39.2 Å². The van der Waals surface area contributed by atoms with Crippen LogP contribution in [0, 0.1) is 23.5 Å². The fraction of sp³-hybridized carbons (Fsp3) is 0.644. The van der Waals surface area contributed by atoms with Gasteiger partial charge < -0.3 is 64.8 Å². The molecule has 2 bridgehead atoms. The van der Waals surface area contributed by atoms with Gasteiger partial charge in [-0.3, -0.25) is 57.5 Å². The zero-order chi connectivity index (χ0) is 79.5. The lowest BCUT2D eigenvalue weighted by Gasteiger charge is -2.46. The van der Waals surface area contributed by atoms with Crippen molar-refractivity contribution in [2.75, 3.05) is 101 Å². The first-order valence-corrected chi connectivity index (χ1v) is 37.4. The highest BCUT2D eigenvalue weighted by atomic mass is 32.2. The minimum absolute atomic E-state index is 0.0300. The normalized spacial score (nSPS) is 26.2. The highest BCUT2D eigenvalue weighted by Gasteiger charge is 2.54. The summed E-state index contributed by atoms with van der Waals surface area (Å²) in [7, 11) is 10.6. The molecule has 0 aromatic heterocycles. The smallest absolute Gasteiger partial charge is 0.377 e. The van der Waals surface area contributed by atoms with Gasteiger partial charge in [-0.25, -0.2) is 8.78 Å². The van der Waals surface area contributed by atoms with Gasteiger partial charge in [0.1, 0.15) is 71.1 Å². The number of alkyl halides is 6. The zero-order valence-corrected chi connectivity index (χ0v) is 63.4. The number of nitrogens with zero attached hydrogens (tertiary/aromatic N) is 9. The number of hydrogen-bond acceptors (Lipinski definition) is 14. The molecule has 7 rings (SSSR count). The number of carbonyl (C=O) groups excluding carboxylic acids is 12. The van der Waals surface area contributed by atoms with E-state index < -0.39 is 222 Å². The lowest BCUT2D eigenvalue weighted by Crippen LogP contribution is -2.68. The number of thioether (sulfide) groups is 1. The van der Waals surface area contributed by atoms with Crippen molar-refractivity contribution in [1.29, 1.82) is 0 Å². The van der Waals surface area contributed by atoms with Gasteiger partial charge in [0.25, 0.3) is 0 Å². The second-order valence-corrected chi connectivity index (χ2v) is 29.8. The fourth-order valence-corrected chi connectivity index (χ4v) is 15.4. The van der Waals surface area contributed by atoms with Crippen molar-refractivity contribution >= 4 is 82.6 Å². The van der Waals surface area contributed by atoms with Crippen LogP contribution in [0.4, 0.5) is 35.1 Å². The van der Waals surface area contributed by atoms with Gasteiger partial charge in [0, 0.05) is 94.7 Å². The van der Waals surface area contributed by atoms with Crippen LogP contribution in [0.15, 0.2) is 48.6 Å². The molecule has 2 aromatic rings. The summed E-state index contributed by atoms with van der Waals surface area (Å²) >= 11 is 1.19. The number of halogens is 8. The Kier molecular flexibility index (Phi) is 29.4. The maximum absolute atomic E-state index is 15.5. The number of nitrogens with one attached hydrogen (secondary N) is 3. The van der Waals surface area contributed by atoms with Crippen molar-refractivity contribution in [2.45, 2.75) is 189 Å². The second-order valence-electron chi connectivity index (χ2n) is 28.8. The van der Waals surface area contributed by atoms with E-state index in [-0.39, 0.29) is 63.1 Å². The highest BCUT2D eigenvalue weighted by molar-refractivity contribution is 7.98. The standard InChI is InChI=1S/C73H100F8N12O13S/c1-13-42(3)60-68(103)87(7)40-58(96)88(8)51-23-16-15-19-32-92(67(51)102)54(35-43-24-27-46(28-25-43)72(76,77)78)66(101)86(6)39-56(94)82-50(29-26-44-33-48(74)59(49(75)34-44)73(79,80)81)64(99)93-38-47(106-14-2)36-52(93)63(98)84-71(30-20-31-71)70(105)91(11)61(45-21-17-18-22-45)69(104)90(10)53(65(100)85(4)5)37-57(95)89(9)55(41-107-12)62(97)83-60/h15-16,24-25,27-28,33-34,42,45,47,50-55,60-61H,13-14,17-23,26,29-32,35-41H2,1-12H3,(H,82,94)(H,83,97)(H,84,98)/b16-15-/t42-,47+,50+,51-,52-,53-,54-,55-,60-,61-/m0/s1. The van der Waals surface area contributed by atoms with Crippen molar-refractivity contribution < 1.29 is 97.4 Å². The first-order chi connectivity index (χ1) is 50.2. The molecule has 5 aliphatic rings. The molecule has 2 aliphatic carbocycles. The average molecular weight is 1540 g/mol. The Labute approximate surface area is 622 Å². The number of hydrogen-bond donors (Lipinski definition) is 3. The molecular weight excluding hydrogens is 1440 g/mol. The summed E-state index contributed by atoms with van der Waals surface area (Å²) in [4.78, 5) is 190. The number of rotatable bonds is 13. The Bertz CT molecular complexity index is 3610. The number of amides is 12. The quantitative estimate of drug-likeness (QED) is 0.175. The van der Waals surface area contributed by atoms with E-state index in [0.29, 0.717) is 50.7 Å². The minimum Gasteiger partial charge on any atom is -0.377 e. The highest BCUT2D eigenvalue weighted by Crippen LogP contribution is 2.40. The Morgan fingerprint density at radius 2 is 1.32 bits per heavy atom. The molecule has 3 heterocycles. The molecule has 3 aliphatic heterocycles. The van der Waals surface area contributed by atoms with Crippen LogP contribution in [-0.2, 0) is 87.5 Å². The number of likely N-dealkylation sites (N-methyl/N-ethyl adjacent to an activating group) is 7. The number of aryl methyl sites for hydroxylation is 1. The van der Waals surface area contributed by atoms with Gasteiger partial charge in [-0.2, -0.15) is 38.1 Å². The Hall–Kier alpha value is -8.43. The number of carbonyl (C=O) groups is 12. The van der Waals surface area contributed by atoms with E-state index in [4.69, 9.17) is 4.74 Å². The molecule has 2 aromatic carbocycles. The zero-order valence-electron chi connectivity index (χ0n) is 62.6. The third-order valence-electron chi connectivity index (χ3n) is 21.3. The Morgan fingerprint density at radius 1 is 0.692 bits per heavy atom. The Morgan fingerprint density at radius 3 is 1.88 bits per heavy atom. The molecule has 10 atom stereocenters. The first-order valence-electron chi connectivity index (χ1n) is 36.0. The monoisotopic (exact) mass is 1540 g/mol. The van der Waals surface area contributed by atoms with Gasteiger partial charge in [0.2, 0.25) is 70.9 Å². The predicted molar refractivity (Wildman–Crippen MR) is 377 cm³/mol. The van der Waals surface area contributed by atoms with E-state index in [9.17, 15) is 55.1 Å². The van der Waals surface area contributed by atoms with Crippen LogP contribution in [0.5, 0.6) is 0 Å². The molecule has 107 heavy (non-hydrogen) atoms. The van der Waals surface area contributed by atoms with E-state index in [2.05, 4.69) is 16.0 Å². The molecule has 12 amide bonds. The molecule has 592 valence electrons. The van der Waals surface area contributed by atoms with Crippen molar-refractivity contribution in [1.82, 2.24) is 60.0 Å². The summed E-state index contributed by atoms with van der Waals surface area (Å²) in [6.07, 6.45) is -5.83. The number of ether oxygens (including phenoxy) is 1. The SMILES string of the molecule is CCO[C@@H]1C[C@H]2C(=O)NC3(CCC3)C(=O)N(C)[C@@H](C3CCCC3)C(=O)N(C)[C@H](C(=O)N(C)C)CC(=O)N(C)[C@@H](CSC)C(=O)N[C@@H]([C@@H](C)CC)C(=O)N(C)CC(=O)N(C)[C@H]3C/C=C\CCN(C3=O)[C@@H](Cc3ccc(C(F)(F)F)cc3)C(=O)N(C)CC(=O)N[C@H](CCc3cc(F)c(C(F)(F)F)c(F)c3)C(=O)N2C1. The van der Waals surface area contributed by atoms with Gasteiger partial charge in [0.05, 0.1) is 31.2 Å². The van der Waals surface area contributed by atoms with Gasteiger partial charge >= 0.3 is 12.4 Å². The molecule has 0 radical (unpaired) electrons. The van der Waals surface area contributed by atoms with E-state index in [1.807, 2.05) is 0 Å². The molecule has 4 fully saturated rings. The van der Waals surface area contributed by atoms with Crippen LogP contribution < -0.4 is 16.0 Å². The van der Waals surface area contributed by atoms with Crippen LogP contribution >= 0.6 is 11.8 Å². The summed E-state index contributed by atoms with van der Waals surface area (Å²) in [5.74, 6) is -15.2. The summed E-state index contributed by atoms with van der Waals surface area (Å²) in [5.41, 5.74) is -5.25. The summed E-state index contributed by atoms with van der Waals surface area (Å²) in [6.45, 7) is 2.89. The Balaban J connectivity index is 1.35. The second kappa shape index (κ2) is 36.6. The third-order valence-corrected chi connectivity index (χ3v) is 22.0. The molecule has 25 nitrogen and oxygen atoms in total. The van der Waals surface area contributed by atoms with E-state index in [1.165, 1.54) is 70.9 Å². The van der Waals surface area contributed by atoms with Crippen LogP contribution in [0.1, 0.15) is 126 Å². The lowest BCUT2D eigenvalue weighted by atomic mass is 9.74. The van der Waals surface area contributed by atoms with Gasteiger partial charge in [-0.1, -0.05) is 57.4 Å². The maximum Gasteiger partial charge on any atom is 0.422 e. The van der Waals surface area contributed by atoms with Crippen LogP contribution in [0.25, 0.3) is 0 Å². The minimum atomic E-state index is -5.46. The molecule has 3 N–H and O–H groups in total. The van der Waals surface area contributed by atoms with Crippen molar-refractivity contribution in [3.63, 3.8) is 0 Å². The summed E-state index contributed by atoms with van der Waals surface area (Å²) < 4.78 is 120.